The highest BCUT2D eigenvalue weighted by atomic mass is 32.2. The van der Waals surface area contributed by atoms with Gasteiger partial charge in [-0.3, -0.25) is 0 Å². The lowest BCUT2D eigenvalue weighted by Crippen LogP contribution is -2.40. The predicted octanol–water partition coefficient (Wildman–Crippen LogP) is 2.97. The molecule has 2 rings (SSSR count). The summed E-state index contributed by atoms with van der Waals surface area (Å²) in [4.78, 5) is 1.37. The van der Waals surface area contributed by atoms with Crippen LogP contribution in [-0.4, -0.2) is 11.3 Å². The quantitative estimate of drug-likeness (QED) is 0.824. The largest absolute Gasteiger partial charge is 0.329 e. The first-order valence-corrected chi connectivity index (χ1v) is 6.02. The van der Waals surface area contributed by atoms with Crippen LogP contribution >= 0.6 is 11.8 Å². The Balaban J connectivity index is 2.09. The van der Waals surface area contributed by atoms with Crippen LogP contribution in [0.1, 0.15) is 24.8 Å². The van der Waals surface area contributed by atoms with Gasteiger partial charge >= 0.3 is 0 Å². The van der Waals surface area contributed by atoms with Crippen LogP contribution in [0.5, 0.6) is 0 Å². The lowest BCUT2D eigenvalue weighted by atomic mass is 9.84. The van der Waals surface area contributed by atoms with Crippen molar-refractivity contribution in [3.63, 3.8) is 0 Å². The van der Waals surface area contributed by atoms with Gasteiger partial charge < -0.3 is 5.73 Å². The van der Waals surface area contributed by atoms with Crippen molar-refractivity contribution in [3.05, 3.63) is 29.8 Å². The summed E-state index contributed by atoms with van der Waals surface area (Å²) in [5.41, 5.74) is 7.17. The van der Waals surface area contributed by atoms with Crippen LogP contribution in [-0.2, 0) is 0 Å². The van der Waals surface area contributed by atoms with E-state index in [1.807, 2.05) is 11.8 Å². The molecule has 0 unspecified atom stereocenters. The molecule has 1 aliphatic rings. The number of rotatable bonds is 3. The van der Waals surface area contributed by atoms with E-state index in [-0.39, 0.29) is 0 Å². The summed E-state index contributed by atoms with van der Waals surface area (Å²) >= 11 is 1.97. The molecule has 1 aromatic rings. The number of hydrogen-bond acceptors (Lipinski definition) is 2. The molecule has 2 N–H and O–H groups in total. The fourth-order valence-corrected chi connectivity index (χ4v) is 3.32. The Morgan fingerprint density at radius 1 is 1.43 bits per heavy atom. The minimum absolute atomic E-state index is 0.355. The Hall–Kier alpha value is -0.470. The van der Waals surface area contributed by atoms with Crippen molar-refractivity contribution in [1.82, 2.24) is 0 Å². The second kappa shape index (κ2) is 3.95. The van der Waals surface area contributed by atoms with Gasteiger partial charge in [-0.2, -0.15) is 0 Å². The zero-order valence-electron chi connectivity index (χ0n) is 8.62. The molecule has 1 nitrogen and oxygen atoms in total. The molecule has 0 aromatic heterocycles. The molecule has 0 amide bonds. The number of nitrogens with two attached hydrogens (primary N) is 1. The Kier molecular flexibility index (Phi) is 2.84. The SMILES string of the molecule is Cc1cccc(SC2(CN)CCC2)c1. The smallest absolute Gasteiger partial charge is 0.0329 e. The van der Waals surface area contributed by atoms with Gasteiger partial charge in [0.2, 0.25) is 0 Å². The lowest BCUT2D eigenvalue weighted by molar-refractivity contribution is 0.371. The van der Waals surface area contributed by atoms with Crippen molar-refractivity contribution >= 4 is 11.8 Å². The summed E-state index contributed by atoms with van der Waals surface area (Å²) in [5.74, 6) is 0. The standard InChI is InChI=1S/C12H17NS/c1-10-4-2-5-11(8-10)14-12(9-13)6-3-7-12/h2,4-5,8H,3,6-7,9,13H2,1H3. The maximum absolute atomic E-state index is 5.83. The van der Waals surface area contributed by atoms with E-state index in [9.17, 15) is 0 Å². The molecular formula is C12H17NS. The number of aryl methyl sites for hydroxylation is 1. The second-order valence-corrected chi connectivity index (χ2v) is 5.70. The highest BCUT2D eigenvalue weighted by molar-refractivity contribution is 8.00. The third-order valence-electron chi connectivity index (χ3n) is 2.96. The zero-order chi connectivity index (χ0) is 10.0. The van der Waals surface area contributed by atoms with Crippen LogP contribution in [0.2, 0.25) is 0 Å². The van der Waals surface area contributed by atoms with Crippen molar-refractivity contribution in [2.45, 2.75) is 35.8 Å². The van der Waals surface area contributed by atoms with Gasteiger partial charge in [0.05, 0.1) is 0 Å². The third kappa shape index (κ3) is 1.96. The topological polar surface area (TPSA) is 26.0 Å². The molecule has 1 aliphatic carbocycles. The van der Waals surface area contributed by atoms with Crippen LogP contribution in [0, 0.1) is 6.92 Å². The van der Waals surface area contributed by atoms with Crippen molar-refractivity contribution in [2.75, 3.05) is 6.54 Å². The molecule has 1 aromatic carbocycles. The van der Waals surface area contributed by atoms with E-state index in [0.29, 0.717) is 4.75 Å². The van der Waals surface area contributed by atoms with Gasteiger partial charge in [-0.05, 0) is 31.9 Å². The van der Waals surface area contributed by atoms with E-state index in [4.69, 9.17) is 5.73 Å². The predicted molar refractivity (Wildman–Crippen MR) is 62.7 cm³/mol. The molecule has 1 fully saturated rings. The minimum Gasteiger partial charge on any atom is -0.329 e. The first-order valence-electron chi connectivity index (χ1n) is 5.20. The Bertz CT molecular complexity index is 312. The van der Waals surface area contributed by atoms with Crippen LogP contribution in [0.25, 0.3) is 0 Å². The van der Waals surface area contributed by atoms with Crippen molar-refractivity contribution in [2.24, 2.45) is 5.73 Å². The Morgan fingerprint density at radius 2 is 2.21 bits per heavy atom. The van der Waals surface area contributed by atoms with Gasteiger partial charge in [0, 0.05) is 16.2 Å². The van der Waals surface area contributed by atoms with E-state index < -0.39 is 0 Å². The molecule has 0 spiro atoms. The zero-order valence-corrected chi connectivity index (χ0v) is 9.44. The summed E-state index contributed by atoms with van der Waals surface area (Å²) in [6.07, 6.45) is 3.90. The number of benzene rings is 1. The summed E-state index contributed by atoms with van der Waals surface area (Å²) < 4.78 is 0.355. The van der Waals surface area contributed by atoms with Gasteiger partial charge in [-0.1, -0.05) is 24.1 Å². The molecule has 0 bridgehead atoms. The summed E-state index contributed by atoms with van der Waals surface area (Å²) in [7, 11) is 0. The normalized spacial score (nSPS) is 19.0. The van der Waals surface area contributed by atoms with Gasteiger partial charge in [0.1, 0.15) is 0 Å². The van der Waals surface area contributed by atoms with E-state index >= 15 is 0 Å². The Morgan fingerprint density at radius 3 is 2.71 bits per heavy atom. The third-order valence-corrected chi connectivity index (χ3v) is 4.46. The molecule has 1 saturated carbocycles. The van der Waals surface area contributed by atoms with Gasteiger partial charge in [-0.15, -0.1) is 11.8 Å². The van der Waals surface area contributed by atoms with Crippen LogP contribution in [0.4, 0.5) is 0 Å². The first kappa shape index (κ1) is 10.1. The van der Waals surface area contributed by atoms with Crippen molar-refractivity contribution < 1.29 is 0 Å². The van der Waals surface area contributed by atoms with Crippen LogP contribution in [0.15, 0.2) is 29.2 Å². The van der Waals surface area contributed by atoms with Gasteiger partial charge in [0.25, 0.3) is 0 Å². The second-order valence-electron chi connectivity index (χ2n) is 4.16. The monoisotopic (exact) mass is 207 g/mol. The molecular weight excluding hydrogens is 190 g/mol. The molecule has 2 heteroatoms. The van der Waals surface area contributed by atoms with E-state index in [1.165, 1.54) is 29.7 Å². The van der Waals surface area contributed by atoms with Gasteiger partial charge in [-0.25, -0.2) is 0 Å². The lowest BCUT2D eigenvalue weighted by Gasteiger charge is -2.40. The summed E-state index contributed by atoms with van der Waals surface area (Å²) in [6, 6.07) is 8.70. The van der Waals surface area contributed by atoms with E-state index in [1.54, 1.807) is 0 Å². The number of thioether (sulfide) groups is 1. The summed E-state index contributed by atoms with van der Waals surface area (Å²) in [6.45, 7) is 2.95. The number of hydrogen-bond donors (Lipinski definition) is 1. The minimum atomic E-state index is 0.355. The highest BCUT2D eigenvalue weighted by Gasteiger charge is 2.36. The first-order chi connectivity index (χ1) is 6.74. The van der Waals surface area contributed by atoms with Crippen LogP contribution in [0.3, 0.4) is 0 Å². The maximum Gasteiger partial charge on any atom is 0.0329 e. The molecule has 0 aliphatic heterocycles. The van der Waals surface area contributed by atoms with Crippen LogP contribution < -0.4 is 5.73 Å². The fraction of sp³-hybridized carbons (Fsp3) is 0.500. The molecule has 14 heavy (non-hydrogen) atoms. The van der Waals surface area contributed by atoms with Crippen molar-refractivity contribution in [3.8, 4) is 0 Å². The van der Waals surface area contributed by atoms with Crippen molar-refractivity contribution in [1.29, 1.82) is 0 Å². The highest BCUT2D eigenvalue weighted by Crippen LogP contribution is 2.46. The van der Waals surface area contributed by atoms with Gasteiger partial charge in [0.15, 0.2) is 0 Å². The average molecular weight is 207 g/mol. The molecule has 0 saturated heterocycles. The molecule has 0 atom stereocenters. The average Bonchev–Trinajstić information content (AvgIpc) is 2.11. The maximum atomic E-state index is 5.83. The van der Waals surface area contributed by atoms with E-state index in [0.717, 1.165) is 6.54 Å². The Labute approximate surface area is 90.1 Å². The molecule has 0 radical (unpaired) electrons. The van der Waals surface area contributed by atoms with E-state index in [2.05, 4.69) is 31.2 Å². The summed E-state index contributed by atoms with van der Waals surface area (Å²) in [5, 5.41) is 0. The molecule has 0 heterocycles. The fourth-order valence-electron chi connectivity index (χ4n) is 1.85. The molecule has 76 valence electrons.